The van der Waals surface area contributed by atoms with Crippen LogP contribution in [0, 0.1) is 0 Å². The number of halogens is 2. The average molecular weight is 516 g/mol. The molecule has 2 aromatic rings. The largest absolute Gasteiger partial charge is 0.391 e. The van der Waals surface area contributed by atoms with Crippen molar-refractivity contribution >= 4 is 5.78 Å². The van der Waals surface area contributed by atoms with Gasteiger partial charge in [0.1, 0.15) is 0 Å². The lowest BCUT2D eigenvalue weighted by atomic mass is 9.97. The second-order valence-corrected chi connectivity index (χ2v) is 10.4. The van der Waals surface area contributed by atoms with Gasteiger partial charge >= 0.3 is 5.92 Å². The number of hydrogen-bond acceptors (Lipinski definition) is 3. The van der Waals surface area contributed by atoms with Gasteiger partial charge in [-0.1, -0.05) is 125 Å². The first-order valence-corrected chi connectivity index (χ1v) is 14.2. The lowest BCUT2D eigenvalue weighted by Gasteiger charge is -2.33. The maximum Gasteiger partial charge on any atom is 0.305 e. The van der Waals surface area contributed by atoms with Crippen molar-refractivity contribution in [1.29, 1.82) is 0 Å². The van der Waals surface area contributed by atoms with E-state index < -0.39 is 36.7 Å². The number of alkyl halides is 2. The highest BCUT2D eigenvalue weighted by atomic mass is 19.3. The van der Waals surface area contributed by atoms with E-state index in [4.69, 9.17) is 0 Å². The van der Waals surface area contributed by atoms with Crippen molar-refractivity contribution in [3.63, 3.8) is 0 Å². The first kappa shape index (κ1) is 31.1. The molecule has 0 saturated heterocycles. The SMILES string of the molecule is CCCCCCCCCCCCC(F)(F)C(=O)CC(O)[C@H](C)N(Cc1ccccc1)Cc1ccccc1. The third-order valence-corrected chi connectivity index (χ3v) is 7.24. The molecule has 1 N–H and O–H groups in total. The second-order valence-electron chi connectivity index (χ2n) is 10.4. The van der Waals surface area contributed by atoms with Crippen LogP contribution in [-0.2, 0) is 17.9 Å². The topological polar surface area (TPSA) is 40.5 Å². The van der Waals surface area contributed by atoms with Gasteiger partial charge in [0.15, 0.2) is 0 Å². The number of ketones is 1. The first-order valence-electron chi connectivity index (χ1n) is 14.2. The monoisotopic (exact) mass is 515 g/mol. The second kappa shape index (κ2) is 17.4. The number of aliphatic hydroxyl groups is 1. The number of Topliss-reactive ketones (excluding diaryl/α,β-unsaturated/α-hetero) is 1. The molecule has 2 atom stereocenters. The fourth-order valence-corrected chi connectivity index (χ4v) is 4.71. The predicted molar refractivity (Wildman–Crippen MR) is 149 cm³/mol. The van der Waals surface area contributed by atoms with Crippen LogP contribution in [0.2, 0.25) is 0 Å². The molecule has 0 bridgehead atoms. The maximum absolute atomic E-state index is 14.6. The zero-order valence-electron chi connectivity index (χ0n) is 22.9. The molecule has 0 aliphatic rings. The van der Waals surface area contributed by atoms with Crippen LogP contribution < -0.4 is 0 Å². The minimum atomic E-state index is -3.38. The zero-order valence-corrected chi connectivity index (χ0v) is 22.9. The standard InChI is InChI=1S/C32H47F2NO2/c1-3-4-5-6-7-8-9-10-11-18-23-32(33,34)31(37)24-30(36)27(2)35(25-28-19-14-12-15-20-28)26-29-21-16-13-17-22-29/h12-17,19-22,27,30,36H,3-11,18,23-26H2,1-2H3/t27-,30?/m0/s1. The third kappa shape index (κ3) is 12.3. The summed E-state index contributed by atoms with van der Waals surface area (Å²) in [6, 6.07) is 19.2. The lowest BCUT2D eigenvalue weighted by Crippen LogP contribution is -2.43. The molecule has 0 amide bonds. The summed E-state index contributed by atoms with van der Waals surface area (Å²) in [5.41, 5.74) is 2.13. The van der Waals surface area contributed by atoms with Gasteiger partial charge in [0.05, 0.1) is 6.10 Å². The fourth-order valence-electron chi connectivity index (χ4n) is 4.71. The Morgan fingerprint density at radius 3 is 1.68 bits per heavy atom. The van der Waals surface area contributed by atoms with Crippen LogP contribution in [-0.4, -0.2) is 33.9 Å². The highest BCUT2D eigenvalue weighted by Crippen LogP contribution is 2.27. The Morgan fingerprint density at radius 2 is 1.22 bits per heavy atom. The smallest absolute Gasteiger partial charge is 0.305 e. The predicted octanol–water partition coefficient (Wildman–Crippen LogP) is 8.34. The molecule has 0 aromatic heterocycles. The number of hydrogen-bond donors (Lipinski definition) is 1. The van der Waals surface area contributed by atoms with E-state index in [0.717, 1.165) is 36.8 Å². The summed E-state index contributed by atoms with van der Waals surface area (Å²) >= 11 is 0. The molecule has 0 aliphatic heterocycles. The van der Waals surface area contributed by atoms with Gasteiger partial charge in [-0.25, -0.2) is 0 Å². The summed E-state index contributed by atoms with van der Waals surface area (Å²) in [5.74, 6) is -4.54. The minimum Gasteiger partial charge on any atom is -0.391 e. The molecule has 0 fully saturated rings. The van der Waals surface area contributed by atoms with Crippen molar-refractivity contribution in [1.82, 2.24) is 4.90 Å². The average Bonchev–Trinajstić information content (AvgIpc) is 2.90. The summed E-state index contributed by atoms with van der Waals surface area (Å²) in [4.78, 5) is 14.5. The molecule has 2 rings (SSSR count). The Hall–Kier alpha value is -2.11. The number of benzene rings is 2. The van der Waals surface area contributed by atoms with E-state index in [1.54, 1.807) is 0 Å². The van der Waals surface area contributed by atoms with Crippen molar-refractivity contribution in [2.24, 2.45) is 0 Å². The van der Waals surface area contributed by atoms with Crippen molar-refractivity contribution in [2.75, 3.05) is 0 Å². The number of unbranched alkanes of at least 4 members (excludes halogenated alkanes) is 9. The Bertz CT molecular complexity index is 818. The van der Waals surface area contributed by atoms with Gasteiger partial charge in [0.2, 0.25) is 5.78 Å². The lowest BCUT2D eigenvalue weighted by molar-refractivity contribution is -0.147. The maximum atomic E-state index is 14.6. The van der Waals surface area contributed by atoms with E-state index in [1.165, 1.54) is 32.1 Å². The van der Waals surface area contributed by atoms with Crippen LogP contribution in [0.15, 0.2) is 60.7 Å². The Balaban J connectivity index is 1.82. The van der Waals surface area contributed by atoms with E-state index in [1.807, 2.05) is 72.5 Å². The molecule has 0 spiro atoms. The van der Waals surface area contributed by atoms with Gasteiger partial charge in [0, 0.05) is 32.0 Å². The van der Waals surface area contributed by atoms with Crippen LogP contribution in [0.5, 0.6) is 0 Å². The Morgan fingerprint density at radius 1 is 0.784 bits per heavy atom. The normalized spacial score (nSPS) is 13.6. The number of carbonyl (C=O) groups is 1. The number of nitrogens with zero attached hydrogens (tertiary/aromatic N) is 1. The van der Waals surface area contributed by atoms with Crippen LogP contribution in [0.4, 0.5) is 8.78 Å². The molecule has 1 unspecified atom stereocenters. The van der Waals surface area contributed by atoms with E-state index in [9.17, 15) is 18.7 Å². The van der Waals surface area contributed by atoms with Crippen LogP contribution in [0.3, 0.4) is 0 Å². The quantitative estimate of drug-likeness (QED) is 0.180. The van der Waals surface area contributed by atoms with Gasteiger partial charge in [-0.2, -0.15) is 8.78 Å². The summed E-state index contributed by atoms with van der Waals surface area (Å²) in [6.07, 6.45) is 8.38. The Kier molecular flexibility index (Phi) is 14.6. The van der Waals surface area contributed by atoms with Crippen molar-refractivity contribution in [2.45, 2.75) is 122 Å². The molecule has 5 heteroatoms. The van der Waals surface area contributed by atoms with E-state index >= 15 is 0 Å². The minimum absolute atomic E-state index is 0.342. The zero-order chi connectivity index (χ0) is 26.9. The van der Waals surface area contributed by atoms with Gasteiger partial charge in [0.25, 0.3) is 0 Å². The van der Waals surface area contributed by atoms with E-state index in [2.05, 4.69) is 6.92 Å². The van der Waals surface area contributed by atoms with Gasteiger partial charge in [-0.3, -0.25) is 9.69 Å². The van der Waals surface area contributed by atoms with E-state index in [-0.39, 0.29) is 0 Å². The fraction of sp³-hybridized carbons (Fsp3) is 0.594. The highest BCUT2D eigenvalue weighted by molar-refractivity contribution is 5.86. The van der Waals surface area contributed by atoms with Crippen LogP contribution >= 0.6 is 0 Å². The van der Waals surface area contributed by atoms with Crippen LogP contribution in [0.1, 0.15) is 102 Å². The van der Waals surface area contributed by atoms with Gasteiger partial charge in [-0.15, -0.1) is 0 Å². The summed E-state index contributed by atoms with van der Waals surface area (Å²) in [7, 11) is 0. The molecular weight excluding hydrogens is 468 g/mol. The van der Waals surface area contributed by atoms with Crippen LogP contribution in [0.25, 0.3) is 0 Å². The highest BCUT2D eigenvalue weighted by Gasteiger charge is 2.39. The molecule has 0 radical (unpaired) electrons. The van der Waals surface area contributed by atoms with Crippen molar-refractivity contribution in [3.8, 4) is 0 Å². The molecule has 37 heavy (non-hydrogen) atoms. The third-order valence-electron chi connectivity index (χ3n) is 7.24. The molecule has 206 valence electrons. The number of aliphatic hydroxyl groups excluding tert-OH is 1. The molecule has 0 heterocycles. The molecule has 0 aliphatic carbocycles. The molecular formula is C32H47F2NO2. The summed E-state index contributed by atoms with van der Waals surface area (Å²) in [6.45, 7) is 5.12. The molecule has 0 saturated carbocycles. The Labute approximate surface area is 223 Å². The molecule has 3 nitrogen and oxygen atoms in total. The van der Waals surface area contributed by atoms with Gasteiger partial charge in [-0.05, 0) is 24.5 Å². The molecule has 2 aromatic carbocycles. The van der Waals surface area contributed by atoms with E-state index in [0.29, 0.717) is 19.5 Å². The number of rotatable bonds is 20. The first-order chi connectivity index (χ1) is 17.8. The van der Waals surface area contributed by atoms with Gasteiger partial charge < -0.3 is 5.11 Å². The number of carbonyl (C=O) groups excluding carboxylic acids is 1. The summed E-state index contributed by atoms with van der Waals surface area (Å²) < 4.78 is 29.2. The van der Waals surface area contributed by atoms with Crippen molar-refractivity contribution in [3.05, 3.63) is 71.8 Å². The summed E-state index contributed by atoms with van der Waals surface area (Å²) in [5, 5.41) is 10.8. The van der Waals surface area contributed by atoms with Crippen molar-refractivity contribution < 1.29 is 18.7 Å².